The maximum Gasteiger partial charge on any atom is 0.175 e. The number of thiocyanates is 1. The van der Waals surface area contributed by atoms with Crippen LogP contribution in [0.5, 0.6) is 0 Å². The second-order valence-corrected chi connectivity index (χ2v) is 3.15. The summed E-state index contributed by atoms with van der Waals surface area (Å²) >= 11 is 0.920. The molecule has 0 atom stereocenters. The van der Waals surface area contributed by atoms with Gasteiger partial charge in [0.25, 0.3) is 0 Å². The van der Waals surface area contributed by atoms with Gasteiger partial charge in [0.15, 0.2) is 5.78 Å². The van der Waals surface area contributed by atoms with Crippen molar-refractivity contribution < 1.29 is 4.79 Å². The van der Waals surface area contributed by atoms with E-state index in [4.69, 9.17) is 11.0 Å². The van der Waals surface area contributed by atoms with Crippen LogP contribution in [0.1, 0.15) is 10.4 Å². The number of anilines is 1. The molecule has 0 aliphatic heterocycles. The molecular weight excluding hydrogens is 184 g/mol. The van der Waals surface area contributed by atoms with Crippen LogP contribution in [0.25, 0.3) is 0 Å². The number of hydrogen-bond acceptors (Lipinski definition) is 4. The number of benzene rings is 1. The number of nitriles is 1. The quantitative estimate of drug-likeness (QED) is 0.449. The first kappa shape index (κ1) is 9.62. The third-order valence-electron chi connectivity index (χ3n) is 1.53. The van der Waals surface area contributed by atoms with E-state index in [1.807, 2.05) is 5.40 Å². The van der Waals surface area contributed by atoms with Gasteiger partial charge >= 0.3 is 0 Å². The third-order valence-corrected chi connectivity index (χ3v) is 2.06. The van der Waals surface area contributed by atoms with Gasteiger partial charge in [-0.25, -0.2) is 0 Å². The maximum atomic E-state index is 11.4. The number of nitrogens with zero attached hydrogens (tertiary/aromatic N) is 1. The van der Waals surface area contributed by atoms with Crippen LogP contribution in [0.4, 0.5) is 5.69 Å². The highest BCUT2D eigenvalue weighted by atomic mass is 32.2. The molecule has 66 valence electrons. The van der Waals surface area contributed by atoms with E-state index < -0.39 is 0 Å². The normalized spacial score (nSPS) is 9.15. The summed E-state index contributed by atoms with van der Waals surface area (Å²) in [6, 6.07) is 6.85. The van der Waals surface area contributed by atoms with Crippen molar-refractivity contribution >= 4 is 23.2 Å². The lowest BCUT2D eigenvalue weighted by molar-refractivity contribution is 0.102. The number of hydrogen-bond donors (Lipinski definition) is 1. The molecule has 0 unspecified atom stereocenters. The average molecular weight is 192 g/mol. The molecule has 0 saturated heterocycles. The van der Waals surface area contributed by atoms with Crippen molar-refractivity contribution in [2.45, 2.75) is 0 Å². The highest BCUT2D eigenvalue weighted by Crippen LogP contribution is 2.13. The molecule has 0 aliphatic rings. The first-order valence-electron chi connectivity index (χ1n) is 3.64. The van der Waals surface area contributed by atoms with Gasteiger partial charge in [0.1, 0.15) is 5.40 Å². The van der Waals surface area contributed by atoms with E-state index in [0.29, 0.717) is 11.3 Å². The SMILES string of the molecule is N#CSCC(=O)c1ccccc1N. The van der Waals surface area contributed by atoms with Gasteiger partial charge in [0.2, 0.25) is 0 Å². The zero-order valence-corrected chi connectivity index (χ0v) is 7.67. The van der Waals surface area contributed by atoms with Crippen LogP contribution in [0.2, 0.25) is 0 Å². The van der Waals surface area contributed by atoms with E-state index in [9.17, 15) is 4.79 Å². The molecule has 0 saturated carbocycles. The highest BCUT2D eigenvalue weighted by Gasteiger charge is 2.07. The summed E-state index contributed by atoms with van der Waals surface area (Å²) in [5, 5.41) is 10.1. The van der Waals surface area contributed by atoms with Crippen molar-refractivity contribution in [3.05, 3.63) is 29.8 Å². The van der Waals surface area contributed by atoms with E-state index >= 15 is 0 Å². The Kier molecular flexibility index (Phi) is 3.35. The van der Waals surface area contributed by atoms with Crippen molar-refractivity contribution in [1.29, 1.82) is 5.26 Å². The number of carbonyl (C=O) groups excluding carboxylic acids is 1. The molecule has 0 heterocycles. The Labute approximate surface area is 80.5 Å². The molecule has 4 heteroatoms. The zero-order valence-electron chi connectivity index (χ0n) is 6.86. The van der Waals surface area contributed by atoms with Crippen LogP contribution in [0, 0.1) is 10.7 Å². The van der Waals surface area contributed by atoms with E-state index in [-0.39, 0.29) is 11.5 Å². The minimum atomic E-state index is -0.107. The number of carbonyl (C=O) groups is 1. The van der Waals surface area contributed by atoms with Gasteiger partial charge in [-0.3, -0.25) is 4.79 Å². The van der Waals surface area contributed by atoms with Crippen LogP contribution < -0.4 is 5.73 Å². The highest BCUT2D eigenvalue weighted by molar-refractivity contribution is 8.04. The summed E-state index contributed by atoms with van der Waals surface area (Å²) < 4.78 is 0. The van der Waals surface area contributed by atoms with Gasteiger partial charge in [-0.15, -0.1) is 0 Å². The summed E-state index contributed by atoms with van der Waals surface area (Å²) in [7, 11) is 0. The third kappa shape index (κ3) is 2.49. The number of rotatable bonds is 3. The molecule has 0 aliphatic carbocycles. The Morgan fingerprint density at radius 3 is 2.85 bits per heavy atom. The predicted molar refractivity (Wildman–Crippen MR) is 53.3 cm³/mol. The Morgan fingerprint density at radius 2 is 2.23 bits per heavy atom. The van der Waals surface area contributed by atoms with E-state index in [1.54, 1.807) is 24.3 Å². The number of nitrogen functional groups attached to an aromatic ring is 1. The van der Waals surface area contributed by atoms with Crippen LogP contribution in [0.3, 0.4) is 0 Å². The lowest BCUT2D eigenvalue weighted by Crippen LogP contribution is -2.05. The fourth-order valence-electron chi connectivity index (χ4n) is 0.927. The first-order chi connectivity index (χ1) is 6.25. The molecule has 1 rings (SSSR count). The molecule has 2 N–H and O–H groups in total. The van der Waals surface area contributed by atoms with Gasteiger partial charge in [0, 0.05) is 11.3 Å². The summed E-state index contributed by atoms with van der Waals surface area (Å²) in [4.78, 5) is 11.4. The Balaban J connectivity index is 2.78. The minimum Gasteiger partial charge on any atom is -0.398 e. The van der Waals surface area contributed by atoms with Gasteiger partial charge < -0.3 is 5.73 Å². The summed E-state index contributed by atoms with van der Waals surface area (Å²) in [5.41, 5.74) is 6.54. The number of nitrogens with two attached hydrogens (primary N) is 1. The molecule has 3 nitrogen and oxygen atoms in total. The monoisotopic (exact) mass is 192 g/mol. The molecule has 0 amide bonds. The fraction of sp³-hybridized carbons (Fsp3) is 0.111. The van der Waals surface area contributed by atoms with Crippen LogP contribution in [0.15, 0.2) is 24.3 Å². The van der Waals surface area contributed by atoms with E-state index in [0.717, 1.165) is 11.8 Å². The molecule has 0 aromatic heterocycles. The summed E-state index contributed by atoms with van der Waals surface area (Å²) in [5.74, 6) is 0.0506. The second kappa shape index (κ2) is 4.53. The Hall–Kier alpha value is -1.47. The van der Waals surface area contributed by atoms with Gasteiger partial charge in [0.05, 0.1) is 5.75 Å². The predicted octanol–water partition coefficient (Wildman–Crippen LogP) is 1.67. The summed E-state index contributed by atoms with van der Waals surface area (Å²) in [6.07, 6.45) is 0. The van der Waals surface area contributed by atoms with Crippen LogP contribution in [-0.4, -0.2) is 11.5 Å². The first-order valence-corrected chi connectivity index (χ1v) is 4.63. The molecule has 0 fully saturated rings. The lowest BCUT2D eigenvalue weighted by atomic mass is 10.1. The number of ketones is 1. The van der Waals surface area contributed by atoms with Gasteiger partial charge in [-0.05, 0) is 23.9 Å². The molecule has 13 heavy (non-hydrogen) atoms. The van der Waals surface area contributed by atoms with Gasteiger partial charge in [-0.1, -0.05) is 12.1 Å². The molecule has 1 aromatic carbocycles. The second-order valence-electron chi connectivity index (χ2n) is 2.39. The topological polar surface area (TPSA) is 66.9 Å². The van der Waals surface area contributed by atoms with Crippen molar-refractivity contribution in [2.75, 3.05) is 11.5 Å². The van der Waals surface area contributed by atoms with E-state index in [2.05, 4.69) is 0 Å². The van der Waals surface area contributed by atoms with Gasteiger partial charge in [-0.2, -0.15) is 5.26 Å². The minimum absolute atomic E-state index is 0.107. The molecule has 1 aromatic rings. The van der Waals surface area contributed by atoms with Crippen molar-refractivity contribution in [3.63, 3.8) is 0 Å². The average Bonchev–Trinajstić information content (AvgIpc) is 2.15. The lowest BCUT2D eigenvalue weighted by Gasteiger charge is -2.01. The molecule has 0 radical (unpaired) electrons. The van der Waals surface area contributed by atoms with Crippen molar-refractivity contribution in [3.8, 4) is 5.40 Å². The number of para-hydroxylation sites is 1. The Morgan fingerprint density at radius 1 is 1.54 bits per heavy atom. The number of Topliss-reactive ketones (excluding diaryl/α,β-unsaturated/α-hetero) is 1. The van der Waals surface area contributed by atoms with E-state index in [1.165, 1.54) is 0 Å². The standard InChI is InChI=1S/C9H8N2OS/c10-6-13-5-9(12)7-3-1-2-4-8(7)11/h1-4H,5,11H2. The van der Waals surface area contributed by atoms with Crippen molar-refractivity contribution in [2.24, 2.45) is 0 Å². The summed E-state index contributed by atoms with van der Waals surface area (Å²) in [6.45, 7) is 0. The fourth-order valence-corrected chi connectivity index (χ4v) is 1.28. The van der Waals surface area contributed by atoms with Crippen molar-refractivity contribution in [1.82, 2.24) is 0 Å². The zero-order chi connectivity index (χ0) is 9.68. The Bertz CT molecular complexity index is 357. The number of thioether (sulfide) groups is 1. The molecule has 0 bridgehead atoms. The molecular formula is C9H8N2OS. The maximum absolute atomic E-state index is 11.4. The smallest absolute Gasteiger partial charge is 0.175 e. The van der Waals surface area contributed by atoms with Crippen LogP contribution >= 0.6 is 11.8 Å². The molecule has 0 spiro atoms. The largest absolute Gasteiger partial charge is 0.398 e. The van der Waals surface area contributed by atoms with Crippen LogP contribution in [-0.2, 0) is 0 Å².